The Morgan fingerprint density at radius 2 is 1.86 bits per heavy atom. The monoisotopic (exact) mass is 397 g/mol. The quantitative estimate of drug-likeness (QED) is 0.553. The van der Waals surface area contributed by atoms with Crippen LogP contribution in [0.4, 0.5) is 4.79 Å². The Morgan fingerprint density at radius 3 is 2.48 bits per heavy atom. The number of phenolic OH excluding ortho intramolecular Hbond substituents is 1. The van der Waals surface area contributed by atoms with Gasteiger partial charge in [0, 0.05) is 11.6 Å². The third-order valence-corrected chi connectivity index (χ3v) is 4.62. The number of nitrogens with zero attached hydrogens (tertiary/aromatic N) is 2. The number of nitrogens with one attached hydrogen (secondary N) is 1. The van der Waals surface area contributed by atoms with Gasteiger partial charge in [0.25, 0.3) is 5.91 Å². The van der Waals surface area contributed by atoms with Crippen LogP contribution in [0.3, 0.4) is 0 Å². The second-order valence-electron chi connectivity index (χ2n) is 6.71. The van der Waals surface area contributed by atoms with E-state index in [1.54, 1.807) is 50.4 Å². The number of carbonyl (C=O) groups is 2. The van der Waals surface area contributed by atoms with Crippen molar-refractivity contribution in [3.05, 3.63) is 53.6 Å². The van der Waals surface area contributed by atoms with Gasteiger partial charge in [0.2, 0.25) is 0 Å². The highest BCUT2D eigenvalue weighted by Crippen LogP contribution is 2.30. The van der Waals surface area contributed by atoms with Gasteiger partial charge >= 0.3 is 6.03 Å². The number of ether oxygens (including phenoxy) is 2. The average molecular weight is 397 g/mol. The molecule has 2 aromatic carbocycles. The highest BCUT2D eigenvalue weighted by Gasteiger charge is 2.49. The van der Waals surface area contributed by atoms with Crippen LogP contribution in [-0.2, 0) is 10.3 Å². The predicted molar refractivity (Wildman–Crippen MR) is 107 cm³/mol. The molecule has 0 spiro atoms. The molecule has 0 bridgehead atoms. The molecule has 2 N–H and O–H groups in total. The second-order valence-corrected chi connectivity index (χ2v) is 6.71. The first-order valence-electron chi connectivity index (χ1n) is 9.20. The van der Waals surface area contributed by atoms with E-state index in [1.165, 1.54) is 12.3 Å². The summed E-state index contributed by atoms with van der Waals surface area (Å²) in [5, 5.41) is 17.5. The molecule has 0 radical (unpaired) electrons. The minimum absolute atomic E-state index is 0.0627. The summed E-state index contributed by atoms with van der Waals surface area (Å²) < 4.78 is 10.6. The van der Waals surface area contributed by atoms with Crippen molar-refractivity contribution in [3.63, 3.8) is 0 Å². The largest absolute Gasteiger partial charge is 0.507 e. The minimum Gasteiger partial charge on any atom is -0.507 e. The summed E-state index contributed by atoms with van der Waals surface area (Å²) in [7, 11) is 1.55. The van der Waals surface area contributed by atoms with Gasteiger partial charge in [-0.15, -0.1) is 5.01 Å². The molecule has 0 aromatic heterocycles. The van der Waals surface area contributed by atoms with Crippen LogP contribution in [0.15, 0.2) is 47.6 Å². The zero-order valence-corrected chi connectivity index (χ0v) is 16.5. The standard InChI is InChI=1S/C21H23N3O5/c1-4-11-29-17-8-5-14(18(25)12-17)13-22-24-19(26)21(2,23-20(24)27)15-6-9-16(28-3)10-7-15/h5-10,12-13,25H,4,11H2,1-3H3,(H,23,27)/b22-13+/t21-/m0/s1. The number of urea groups is 1. The SMILES string of the molecule is CCCOc1ccc(/C=N/N2C(=O)N[C@@](C)(c3ccc(OC)cc3)C2=O)c(O)c1. The molecule has 1 aliphatic rings. The third-order valence-electron chi connectivity index (χ3n) is 4.62. The van der Waals surface area contributed by atoms with Gasteiger partial charge in [-0.1, -0.05) is 19.1 Å². The van der Waals surface area contributed by atoms with Crippen molar-refractivity contribution >= 4 is 18.2 Å². The van der Waals surface area contributed by atoms with Gasteiger partial charge < -0.3 is 19.9 Å². The summed E-state index contributed by atoms with van der Waals surface area (Å²) in [6.07, 6.45) is 2.11. The fraction of sp³-hybridized carbons (Fsp3) is 0.286. The van der Waals surface area contributed by atoms with Crippen molar-refractivity contribution in [2.24, 2.45) is 5.10 Å². The lowest BCUT2D eigenvalue weighted by atomic mass is 9.92. The Kier molecular flexibility index (Phi) is 5.72. The molecule has 0 unspecified atom stereocenters. The van der Waals surface area contributed by atoms with E-state index < -0.39 is 17.5 Å². The lowest BCUT2D eigenvalue weighted by Crippen LogP contribution is -2.40. The van der Waals surface area contributed by atoms with Crippen LogP contribution in [0.25, 0.3) is 0 Å². The third kappa shape index (κ3) is 4.01. The first-order valence-corrected chi connectivity index (χ1v) is 9.20. The Morgan fingerprint density at radius 1 is 1.17 bits per heavy atom. The number of hydrazone groups is 1. The summed E-state index contributed by atoms with van der Waals surface area (Å²) >= 11 is 0. The fourth-order valence-corrected chi connectivity index (χ4v) is 2.91. The topological polar surface area (TPSA) is 100 Å². The summed E-state index contributed by atoms with van der Waals surface area (Å²) in [6.45, 7) is 4.14. The highest BCUT2D eigenvalue weighted by atomic mass is 16.5. The van der Waals surface area contributed by atoms with Gasteiger partial charge in [-0.2, -0.15) is 5.10 Å². The summed E-state index contributed by atoms with van der Waals surface area (Å²) in [5.41, 5.74) is -0.289. The van der Waals surface area contributed by atoms with Crippen molar-refractivity contribution in [2.75, 3.05) is 13.7 Å². The molecule has 8 nitrogen and oxygen atoms in total. The lowest BCUT2D eigenvalue weighted by Gasteiger charge is -2.21. The van der Waals surface area contributed by atoms with Crippen molar-refractivity contribution in [3.8, 4) is 17.2 Å². The zero-order chi connectivity index (χ0) is 21.0. The number of amides is 3. The van der Waals surface area contributed by atoms with E-state index in [2.05, 4.69) is 10.4 Å². The maximum Gasteiger partial charge on any atom is 0.346 e. The molecule has 0 saturated carbocycles. The van der Waals surface area contributed by atoms with Crippen molar-refractivity contribution in [1.82, 2.24) is 10.3 Å². The van der Waals surface area contributed by atoms with Crippen LogP contribution in [0.1, 0.15) is 31.4 Å². The number of imide groups is 1. The molecule has 1 aliphatic heterocycles. The molecular weight excluding hydrogens is 374 g/mol. The fourth-order valence-electron chi connectivity index (χ4n) is 2.91. The van der Waals surface area contributed by atoms with Gasteiger partial charge in [-0.25, -0.2) is 4.79 Å². The Balaban J connectivity index is 1.79. The van der Waals surface area contributed by atoms with E-state index in [1.807, 2.05) is 6.92 Å². The number of methoxy groups -OCH3 is 1. The number of rotatable bonds is 7. The summed E-state index contributed by atoms with van der Waals surface area (Å²) in [6, 6.07) is 11.0. The zero-order valence-electron chi connectivity index (χ0n) is 16.5. The van der Waals surface area contributed by atoms with Gasteiger partial charge in [-0.3, -0.25) is 4.79 Å². The van der Waals surface area contributed by atoms with Gasteiger partial charge in [0.05, 0.1) is 19.9 Å². The molecule has 1 atom stereocenters. The van der Waals surface area contributed by atoms with Crippen LogP contribution in [0.5, 0.6) is 17.2 Å². The molecule has 3 amide bonds. The Labute approximate surface area is 168 Å². The van der Waals surface area contributed by atoms with E-state index in [-0.39, 0.29) is 5.75 Å². The number of hydrogen-bond donors (Lipinski definition) is 2. The van der Waals surface area contributed by atoms with Gasteiger partial charge in [-0.05, 0) is 43.2 Å². The first kappa shape index (κ1) is 20.2. The Hall–Kier alpha value is -3.55. The predicted octanol–water partition coefficient (Wildman–Crippen LogP) is 2.99. The molecule has 0 aliphatic carbocycles. The van der Waals surface area contributed by atoms with E-state index in [0.29, 0.717) is 29.2 Å². The van der Waals surface area contributed by atoms with E-state index >= 15 is 0 Å². The van der Waals surface area contributed by atoms with Gasteiger partial charge in [0.1, 0.15) is 22.8 Å². The lowest BCUT2D eigenvalue weighted by molar-refractivity contribution is -0.131. The van der Waals surface area contributed by atoms with Crippen LogP contribution in [0.2, 0.25) is 0 Å². The molecular formula is C21H23N3O5. The van der Waals surface area contributed by atoms with E-state index in [0.717, 1.165) is 11.4 Å². The molecule has 1 saturated heterocycles. The molecule has 1 heterocycles. The molecule has 29 heavy (non-hydrogen) atoms. The van der Waals surface area contributed by atoms with E-state index in [9.17, 15) is 14.7 Å². The van der Waals surface area contributed by atoms with Crippen LogP contribution in [0, 0.1) is 0 Å². The maximum absolute atomic E-state index is 12.9. The summed E-state index contributed by atoms with van der Waals surface area (Å²) in [4.78, 5) is 25.2. The second kappa shape index (κ2) is 8.22. The minimum atomic E-state index is -1.25. The number of carbonyl (C=O) groups excluding carboxylic acids is 2. The van der Waals surface area contributed by atoms with E-state index in [4.69, 9.17) is 9.47 Å². The van der Waals surface area contributed by atoms with Crippen molar-refractivity contribution in [2.45, 2.75) is 25.8 Å². The van der Waals surface area contributed by atoms with Crippen LogP contribution in [-0.4, -0.2) is 42.0 Å². The normalized spacial score (nSPS) is 18.9. The molecule has 152 valence electrons. The smallest absolute Gasteiger partial charge is 0.346 e. The highest BCUT2D eigenvalue weighted by molar-refractivity contribution is 6.07. The van der Waals surface area contributed by atoms with Crippen LogP contribution >= 0.6 is 0 Å². The number of aromatic hydroxyl groups is 1. The number of phenols is 1. The molecule has 2 aromatic rings. The number of benzene rings is 2. The molecule has 1 fully saturated rings. The Bertz CT molecular complexity index is 942. The molecule has 8 heteroatoms. The van der Waals surface area contributed by atoms with Gasteiger partial charge in [0.15, 0.2) is 0 Å². The number of hydrogen-bond acceptors (Lipinski definition) is 6. The van der Waals surface area contributed by atoms with Crippen LogP contribution < -0.4 is 14.8 Å². The maximum atomic E-state index is 12.9. The summed E-state index contributed by atoms with van der Waals surface area (Å²) in [5.74, 6) is 0.591. The average Bonchev–Trinajstić information content (AvgIpc) is 2.95. The first-order chi connectivity index (χ1) is 13.9. The van der Waals surface area contributed by atoms with Crippen molar-refractivity contribution < 1.29 is 24.2 Å². The van der Waals surface area contributed by atoms with Crippen molar-refractivity contribution in [1.29, 1.82) is 0 Å². The molecule has 3 rings (SSSR count).